The van der Waals surface area contributed by atoms with Gasteiger partial charge in [0.05, 0.1) is 11.4 Å². The van der Waals surface area contributed by atoms with Crippen LogP contribution < -0.4 is 31.1 Å². The summed E-state index contributed by atoms with van der Waals surface area (Å²) in [5.41, 5.74) is 24.5. The highest BCUT2D eigenvalue weighted by Gasteiger charge is 2.50. The van der Waals surface area contributed by atoms with Gasteiger partial charge in [0.1, 0.15) is 5.58 Å². The maximum absolute atomic E-state index is 7.54. The molecule has 0 fully saturated rings. The van der Waals surface area contributed by atoms with Crippen molar-refractivity contribution in [3.8, 4) is 11.1 Å². The molecule has 0 unspecified atom stereocenters. The van der Waals surface area contributed by atoms with E-state index in [-0.39, 0.29) is 33.8 Å². The molecule has 0 N–H and O–H groups in total. The second-order valence-electron chi connectivity index (χ2n) is 26.4. The molecule has 76 heavy (non-hydrogen) atoms. The third-order valence-electron chi connectivity index (χ3n) is 18.4. The minimum atomic E-state index is -0.144. The molecule has 380 valence electrons. The van der Waals surface area contributed by atoms with Crippen molar-refractivity contribution >= 4 is 85.5 Å². The topological polar surface area (TPSA) is 22.9 Å². The zero-order valence-electron chi connectivity index (χ0n) is 46.8. The van der Waals surface area contributed by atoms with Gasteiger partial charge in [0.15, 0.2) is 0 Å². The van der Waals surface area contributed by atoms with Crippen molar-refractivity contribution < 1.29 is 4.42 Å². The molecule has 2 aliphatic carbocycles. The van der Waals surface area contributed by atoms with Crippen molar-refractivity contribution in [1.29, 1.82) is 0 Å². The number of aryl methyl sites for hydroxylation is 1. The Morgan fingerprint density at radius 2 is 1.03 bits per heavy atom. The lowest BCUT2D eigenvalue weighted by Crippen LogP contribution is -2.61. The molecule has 13 rings (SSSR count). The summed E-state index contributed by atoms with van der Waals surface area (Å²) in [6.07, 6.45) is 4.58. The Labute approximate surface area is 452 Å². The summed E-state index contributed by atoms with van der Waals surface area (Å²) in [4.78, 5) is 7.66. The molecule has 4 aliphatic rings. The predicted molar refractivity (Wildman–Crippen MR) is 324 cm³/mol. The summed E-state index contributed by atoms with van der Waals surface area (Å²) < 4.78 is 7.54. The maximum atomic E-state index is 7.54. The van der Waals surface area contributed by atoms with Crippen LogP contribution in [0.4, 0.5) is 51.4 Å². The molecule has 0 spiro atoms. The molecule has 0 saturated heterocycles. The van der Waals surface area contributed by atoms with Gasteiger partial charge in [-0.1, -0.05) is 173 Å². The van der Waals surface area contributed by atoms with Crippen LogP contribution in [0.15, 0.2) is 174 Å². The van der Waals surface area contributed by atoms with Crippen LogP contribution in [0.3, 0.4) is 0 Å². The van der Waals surface area contributed by atoms with Gasteiger partial charge in [-0.25, -0.2) is 0 Å². The van der Waals surface area contributed by atoms with E-state index >= 15 is 0 Å². The molecule has 0 saturated carbocycles. The lowest BCUT2D eigenvalue weighted by atomic mass is 9.33. The first-order valence-electron chi connectivity index (χ1n) is 28.0. The number of benzene rings is 8. The average Bonchev–Trinajstić information content (AvgIpc) is 3.96. The second kappa shape index (κ2) is 16.9. The first-order chi connectivity index (χ1) is 36.2. The summed E-state index contributed by atoms with van der Waals surface area (Å²) in [5, 5.41) is 1.17. The zero-order chi connectivity index (χ0) is 52.8. The Morgan fingerprint density at radius 3 is 1.63 bits per heavy atom. The summed E-state index contributed by atoms with van der Waals surface area (Å²) in [6, 6.07) is 64.6. The van der Waals surface area contributed by atoms with Crippen LogP contribution in [0.5, 0.6) is 0 Å². The summed E-state index contributed by atoms with van der Waals surface area (Å²) in [5.74, 6) is 0.877. The van der Waals surface area contributed by atoms with E-state index in [1.807, 2.05) is 0 Å². The number of fused-ring (bicyclic) bond motifs is 8. The van der Waals surface area contributed by atoms with E-state index in [0.717, 1.165) is 59.2 Å². The van der Waals surface area contributed by atoms with Crippen LogP contribution >= 0.6 is 0 Å². The monoisotopic (exact) mass is 994 g/mol. The number of para-hydroxylation sites is 2. The Balaban J connectivity index is 1.22. The minimum absolute atomic E-state index is 0.00883. The van der Waals surface area contributed by atoms with Crippen molar-refractivity contribution in [2.75, 3.05) is 14.7 Å². The summed E-state index contributed by atoms with van der Waals surface area (Å²) >= 11 is 0. The van der Waals surface area contributed by atoms with Gasteiger partial charge in [0.25, 0.3) is 6.71 Å². The SMILES string of the molecule is Cc1ccc2oc3c(c2c1)B1c2cc4c(cc2N(c2ccc5c(c2)C(C)(C)CCC5(C)C)c2cc(N(c5ccccc5)c5ccccc5)cc(c21)N3c1ccc(C(C)(C)C)cc1-c1ccccc1)C(C)(C)CCC4(C)C. The Morgan fingerprint density at radius 1 is 0.474 bits per heavy atom. The molecule has 0 bridgehead atoms. The fraction of sp³-hybridized carbons (Fsp3) is 0.296. The van der Waals surface area contributed by atoms with Gasteiger partial charge in [0.2, 0.25) is 5.88 Å². The molecule has 5 heteroatoms. The molecular weight excluding hydrogens is 922 g/mol. The molecule has 2 aliphatic heterocycles. The quantitative estimate of drug-likeness (QED) is 0.155. The van der Waals surface area contributed by atoms with Crippen molar-refractivity contribution in [1.82, 2.24) is 0 Å². The minimum Gasteiger partial charge on any atom is -0.440 e. The number of hydrogen-bond donors (Lipinski definition) is 0. The van der Waals surface area contributed by atoms with Gasteiger partial charge >= 0.3 is 0 Å². The van der Waals surface area contributed by atoms with Gasteiger partial charge in [-0.05, 0) is 183 Å². The molecule has 0 atom stereocenters. The predicted octanol–water partition coefficient (Wildman–Crippen LogP) is 18.0. The Bertz CT molecular complexity index is 3740. The normalized spacial score (nSPS) is 17.3. The first-order valence-corrected chi connectivity index (χ1v) is 28.0. The van der Waals surface area contributed by atoms with E-state index in [4.69, 9.17) is 4.42 Å². The van der Waals surface area contributed by atoms with E-state index in [2.05, 4.69) is 268 Å². The van der Waals surface area contributed by atoms with E-state index < -0.39 is 0 Å². The van der Waals surface area contributed by atoms with Crippen LogP contribution in [-0.2, 0) is 27.1 Å². The highest BCUT2D eigenvalue weighted by molar-refractivity contribution is 7.01. The highest BCUT2D eigenvalue weighted by Crippen LogP contribution is 2.55. The third-order valence-corrected chi connectivity index (χ3v) is 18.4. The van der Waals surface area contributed by atoms with Crippen molar-refractivity contribution in [2.24, 2.45) is 0 Å². The van der Waals surface area contributed by atoms with Gasteiger partial charge in [0, 0.05) is 50.5 Å². The van der Waals surface area contributed by atoms with Crippen LogP contribution in [0, 0.1) is 6.92 Å². The molecule has 8 aromatic carbocycles. The number of anilines is 9. The molecule has 0 amide bonds. The summed E-state index contributed by atoms with van der Waals surface area (Å²) in [6.45, 7) is 28.8. The molecular formula is C71H72BN3O. The van der Waals surface area contributed by atoms with Gasteiger partial charge < -0.3 is 14.2 Å². The Kier molecular flexibility index (Phi) is 10.8. The van der Waals surface area contributed by atoms with Crippen molar-refractivity contribution in [3.05, 3.63) is 203 Å². The molecule has 9 aromatic rings. The van der Waals surface area contributed by atoms with Crippen LogP contribution in [0.25, 0.3) is 22.1 Å². The molecule has 1 aromatic heterocycles. The number of rotatable bonds is 6. The highest BCUT2D eigenvalue weighted by atomic mass is 16.4. The zero-order valence-corrected chi connectivity index (χ0v) is 46.8. The smallest absolute Gasteiger partial charge is 0.257 e. The standard InChI is InChI=1S/C71H72BN3O/c1-45-28-33-63-53(38-45)64-66(76-63)75(59-32-29-47(67(2,3)4)39-52(59)46-22-16-13-17-23-46)62-42-51(73(48-24-18-14-19-25-48)49-26-20-15-21-27-49)41-61-65(62)72(64)58-43-56-57(71(11,12)37-36-70(56,9)10)44-60(58)74(61)50-30-31-54-55(40-50)69(7,8)35-34-68(54,5)6/h13-33,38-44H,34-37H2,1-12H3. The van der Waals surface area contributed by atoms with Crippen molar-refractivity contribution in [2.45, 2.75) is 136 Å². The lowest BCUT2D eigenvalue weighted by Gasteiger charge is -2.47. The van der Waals surface area contributed by atoms with Gasteiger partial charge in [-0.15, -0.1) is 0 Å². The van der Waals surface area contributed by atoms with E-state index in [9.17, 15) is 0 Å². The molecule has 4 nitrogen and oxygen atoms in total. The number of furan rings is 1. The van der Waals surface area contributed by atoms with E-state index in [1.165, 1.54) is 89.8 Å². The van der Waals surface area contributed by atoms with E-state index in [1.54, 1.807) is 0 Å². The van der Waals surface area contributed by atoms with Crippen molar-refractivity contribution in [3.63, 3.8) is 0 Å². The largest absolute Gasteiger partial charge is 0.440 e. The first kappa shape index (κ1) is 48.4. The van der Waals surface area contributed by atoms with Crippen LogP contribution in [0.2, 0.25) is 0 Å². The summed E-state index contributed by atoms with van der Waals surface area (Å²) in [7, 11) is 0. The fourth-order valence-corrected chi connectivity index (χ4v) is 13.7. The third kappa shape index (κ3) is 7.53. The van der Waals surface area contributed by atoms with E-state index in [0.29, 0.717) is 0 Å². The lowest BCUT2D eigenvalue weighted by molar-refractivity contribution is 0.332. The molecule has 3 heterocycles. The van der Waals surface area contributed by atoms with Crippen LogP contribution in [0.1, 0.15) is 135 Å². The number of hydrogen-bond acceptors (Lipinski definition) is 4. The van der Waals surface area contributed by atoms with Gasteiger partial charge in [-0.2, -0.15) is 0 Å². The fourth-order valence-electron chi connectivity index (χ4n) is 13.7. The van der Waals surface area contributed by atoms with Crippen LogP contribution in [-0.4, -0.2) is 6.71 Å². The Hall–Kier alpha value is -7.24. The average molecular weight is 994 g/mol. The maximum Gasteiger partial charge on any atom is 0.257 e. The number of nitrogens with zero attached hydrogens (tertiary/aromatic N) is 3. The molecule has 0 radical (unpaired) electrons. The second-order valence-corrected chi connectivity index (χ2v) is 26.4. The van der Waals surface area contributed by atoms with Gasteiger partial charge in [-0.3, -0.25) is 4.90 Å².